The van der Waals surface area contributed by atoms with Crippen LogP contribution in [0, 0.1) is 0 Å². The Balaban J connectivity index is 1.56. The van der Waals surface area contributed by atoms with E-state index in [9.17, 15) is 9.59 Å². The van der Waals surface area contributed by atoms with Crippen LogP contribution in [0.3, 0.4) is 0 Å². The minimum Gasteiger partial charge on any atom is -0.379 e. The van der Waals surface area contributed by atoms with Crippen LogP contribution in [-0.2, 0) is 29.2 Å². The van der Waals surface area contributed by atoms with E-state index in [2.05, 4.69) is 15.3 Å². The van der Waals surface area contributed by atoms with E-state index < -0.39 is 0 Å². The molecule has 9 heteroatoms. The van der Waals surface area contributed by atoms with E-state index in [0.717, 1.165) is 30.9 Å². The number of morpholine rings is 1. The maximum Gasteiger partial charge on any atom is 0.319 e. The highest BCUT2D eigenvalue weighted by molar-refractivity contribution is 5.81. The van der Waals surface area contributed by atoms with Gasteiger partial charge < -0.3 is 19.9 Å². The van der Waals surface area contributed by atoms with Gasteiger partial charge in [0.1, 0.15) is 0 Å². The molecule has 0 spiro atoms. The van der Waals surface area contributed by atoms with Crippen molar-refractivity contribution in [3.05, 3.63) is 17.5 Å². The minimum absolute atomic E-state index is 0.00796. The molecule has 3 heterocycles. The molecule has 1 aromatic rings. The Labute approximate surface area is 160 Å². The van der Waals surface area contributed by atoms with Crippen molar-refractivity contribution in [1.29, 1.82) is 0 Å². The van der Waals surface area contributed by atoms with Crippen molar-refractivity contribution < 1.29 is 14.3 Å². The molecule has 27 heavy (non-hydrogen) atoms. The predicted molar refractivity (Wildman–Crippen MR) is 100 cm³/mol. The molecule has 150 valence electrons. The zero-order chi connectivity index (χ0) is 19.4. The van der Waals surface area contributed by atoms with Gasteiger partial charge in [-0.15, -0.1) is 0 Å². The molecule has 0 bridgehead atoms. The number of ether oxygens (including phenoxy) is 1. The fourth-order valence-electron chi connectivity index (χ4n) is 3.65. The molecule has 0 aromatic carbocycles. The third-order valence-corrected chi connectivity index (χ3v) is 5.12. The summed E-state index contributed by atoms with van der Waals surface area (Å²) in [7, 11) is 3.52. The number of fused-ring (bicyclic) bond motifs is 1. The van der Waals surface area contributed by atoms with Gasteiger partial charge in [-0.3, -0.25) is 14.4 Å². The van der Waals surface area contributed by atoms with Gasteiger partial charge in [-0.25, -0.2) is 4.79 Å². The Morgan fingerprint density at radius 2 is 2.00 bits per heavy atom. The molecule has 1 fully saturated rings. The molecule has 1 saturated heterocycles. The summed E-state index contributed by atoms with van der Waals surface area (Å²) in [6, 6.07) is 1.86. The fraction of sp³-hybridized carbons (Fsp3) is 0.722. The highest BCUT2D eigenvalue weighted by atomic mass is 16.5. The normalized spacial score (nSPS) is 18.7. The van der Waals surface area contributed by atoms with Crippen LogP contribution in [0.25, 0.3) is 0 Å². The topological polar surface area (TPSA) is 82.9 Å². The van der Waals surface area contributed by atoms with Crippen LogP contribution in [0.2, 0.25) is 0 Å². The van der Waals surface area contributed by atoms with Crippen LogP contribution in [0.5, 0.6) is 0 Å². The van der Waals surface area contributed by atoms with Crippen molar-refractivity contribution >= 4 is 11.9 Å². The second kappa shape index (κ2) is 8.71. The maximum atomic E-state index is 12.6. The van der Waals surface area contributed by atoms with E-state index in [-0.39, 0.29) is 18.0 Å². The SMILES string of the molecule is CC[C@H](C(=O)NCc1cc2n(n1)CCN(C(=O)N(C)C)C2)N1CCOCC1. The lowest BCUT2D eigenvalue weighted by Crippen LogP contribution is -2.50. The van der Waals surface area contributed by atoms with Gasteiger partial charge in [-0.2, -0.15) is 5.10 Å². The molecule has 0 unspecified atom stereocenters. The van der Waals surface area contributed by atoms with E-state index in [0.29, 0.717) is 39.4 Å². The summed E-state index contributed by atoms with van der Waals surface area (Å²) >= 11 is 0. The number of nitrogens with zero attached hydrogens (tertiary/aromatic N) is 5. The monoisotopic (exact) mass is 378 g/mol. The van der Waals surface area contributed by atoms with Gasteiger partial charge in [0.15, 0.2) is 0 Å². The second-order valence-corrected chi connectivity index (χ2v) is 7.24. The third kappa shape index (κ3) is 4.59. The second-order valence-electron chi connectivity index (χ2n) is 7.24. The molecule has 0 aliphatic carbocycles. The first kappa shape index (κ1) is 19.6. The molecule has 0 radical (unpaired) electrons. The molecule has 3 amide bonds. The number of amides is 3. The van der Waals surface area contributed by atoms with Gasteiger partial charge >= 0.3 is 6.03 Å². The quantitative estimate of drug-likeness (QED) is 0.786. The van der Waals surface area contributed by atoms with Crippen LogP contribution < -0.4 is 5.32 Å². The standard InChI is InChI=1S/C18H30N6O3/c1-4-16(22-7-9-27-10-8-22)17(25)19-12-14-11-15-13-23(18(26)21(2)3)5-6-24(15)20-14/h11,16H,4-10,12-13H2,1-3H3,(H,19,25)/t16-/m1/s1. The van der Waals surface area contributed by atoms with Crippen molar-refractivity contribution in [2.24, 2.45) is 0 Å². The Bertz CT molecular complexity index is 668. The maximum absolute atomic E-state index is 12.6. The average Bonchev–Trinajstić information content (AvgIpc) is 3.09. The first-order valence-electron chi connectivity index (χ1n) is 9.61. The third-order valence-electron chi connectivity index (χ3n) is 5.12. The Morgan fingerprint density at radius 3 is 2.67 bits per heavy atom. The van der Waals surface area contributed by atoms with Crippen molar-refractivity contribution in [2.45, 2.75) is 39.0 Å². The molecule has 9 nitrogen and oxygen atoms in total. The highest BCUT2D eigenvalue weighted by Gasteiger charge is 2.26. The lowest BCUT2D eigenvalue weighted by Gasteiger charge is -2.32. The van der Waals surface area contributed by atoms with E-state index in [1.54, 1.807) is 19.0 Å². The van der Waals surface area contributed by atoms with Gasteiger partial charge in [0.25, 0.3) is 0 Å². The number of aromatic nitrogens is 2. The number of hydrogen-bond donors (Lipinski definition) is 1. The fourth-order valence-corrected chi connectivity index (χ4v) is 3.65. The van der Waals surface area contributed by atoms with Crippen molar-refractivity contribution in [3.8, 4) is 0 Å². The van der Waals surface area contributed by atoms with Crippen LogP contribution >= 0.6 is 0 Å². The molecule has 3 rings (SSSR count). The lowest BCUT2D eigenvalue weighted by molar-refractivity contribution is -0.128. The number of nitrogens with one attached hydrogen (secondary N) is 1. The summed E-state index contributed by atoms with van der Waals surface area (Å²) in [6.45, 7) is 7.25. The highest BCUT2D eigenvalue weighted by Crippen LogP contribution is 2.15. The number of rotatable bonds is 5. The molecule has 1 N–H and O–H groups in total. The van der Waals surface area contributed by atoms with Gasteiger partial charge in [-0.1, -0.05) is 6.92 Å². The largest absolute Gasteiger partial charge is 0.379 e. The summed E-state index contributed by atoms with van der Waals surface area (Å²) in [6.07, 6.45) is 0.771. The first-order valence-corrected chi connectivity index (χ1v) is 9.61. The first-order chi connectivity index (χ1) is 13.0. The van der Waals surface area contributed by atoms with Crippen molar-refractivity contribution in [1.82, 2.24) is 29.8 Å². The van der Waals surface area contributed by atoms with Crippen LogP contribution in [0.15, 0.2) is 6.07 Å². The summed E-state index contributed by atoms with van der Waals surface area (Å²) in [5.74, 6) is 0.0368. The van der Waals surface area contributed by atoms with Crippen LogP contribution in [0.1, 0.15) is 24.7 Å². The molecule has 2 aliphatic rings. The van der Waals surface area contributed by atoms with Crippen molar-refractivity contribution in [3.63, 3.8) is 0 Å². The zero-order valence-corrected chi connectivity index (χ0v) is 16.5. The Morgan fingerprint density at radius 1 is 1.26 bits per heavy atom. The zero-order valence-electron chi connectivity index (χ0n) is 16.5. The minimum atomic E-state index is -0.126. The molecular formula is C18H30N6O3. The van der Waals surface area contributed by atoms with Gasteiger partial charge in [0.2, 0.25) is 5.91 Å². The Hall–Kier alpha value is -2.13. The molecule has 1 aromatic heterocycles. The number of carbonyl (C=O) groups excluding carboxylic acids is 2. The molecule has 0 saturated carbocycles. The van der Waals surface area contributed by atoms with E-state index in [1.807, 2.05) is 22.6 Å². The molecule has 1 atom stereocenters. The lowest BCUT2D eigenvalue weighted by atomic mass is 10.1. The van der Waals surface area contributed by atoms with Gasteiger partial charge in [0, 0.05) is 33.7 Å². The molecule has 2 aliphatic heterocycles. The average molecular weight is 378 g/mol. The number of urea groups is 1. The van der Waals surface area contributed by atoms with E-state index in [1.165, 1.54) is 0 Å². The summed E-state index contributed by atoms with van der Waals surface area (Å²) < 4.78 is 7.30. The van der Waals surface area contributed by atoms with E-state index >= 15 is 0 Å². The van der Waals surface area contributed by atoms with E-state index in [4.69, 9.17) is 4.74 Å². The summed E-state index contributed by atoms with van der Waals surface area (Å²) in [4.78, 5) is 30.3. The summed E-state index contributed by atoms with van der Waals surface area (Å²) in [5.41, 5.74) is 1.83. The smallest absolute Gasteiger partial charge is 0.319 e. The predicted octanol–water partition coefficient (Wildman–Crippen LogP) is 0.107. The Kier molecular flexibility index (Phi) is 6.33. The van der Waals surface area contributed by atoms with Crippen LogP contribution in [0.4, 0.5) is 4.79 Å². The van der Waals surface area contributed by atoms with Gasteiger partial charge in [0.05, 0.1) is 50.3 Å². The number of hydrogen-bond acceptors (Lipinski definition) is 5. The van der Waals surface area contributed by atoms with Gasteiger partial charge in [-0.05, 0) is 12.5 Å². The number of carbonyl (C=O) groups is 2. The molecular weight excluding hydrogens is 348 g/mol. The van der Waals surface area contributed by atoms with Crippen molar-refractivity contribution in [2.75, 3.05) is 46.9 Å². The summed E-state index contributed by atoms with van der Waals surface area (Å²) in [5, 5.41) is 7.60. The van der Waals surface area contributed by atoms with Crippen LogP contribution in [-0.4, -0.2) is 89.4 Å².